The van der Waals surface area contributed by atoms with E-state index in [2.05, 4.69) is 6.07 Å². The van der Waals surface area contributed by atoms with Gasteiger partial charge in [0.15, 0.2) is 11.5 Å². The van der Waals surface area contributed by atoms with Crippen LogP contribution in [0.5, 0.6) is 11.5 Å². The molecule has 3 rings (SSSR count). The first kappa shape index (κ1) is 19.1. The van der Waals surface area contributed by atoms with E-state index in [-0.39, 0.29) is 11.7 Å². The van der Waals surface area contributed by atoms with E-state index in [4.69, 9.17) is 14.7 Å². The van der Waals surface area contributed by atoms with Crippen molar-refractivity contribution in [2.24, 2.45) is 0 Å². The second-order valence-electron chi connectivity index (χ2n) is 6.32. The van der Waals surface area contributed by atoms with Gasteiger partial charge in [-0.05, 0) is 55.3 Å². The summed E-state index contributed by atoms with van der Waals surface area (Å²) in [6.45, 7) is 5.55. The third-order valence-electron chi connectivity index (χ3n) is 4.43. The van der Waals surface area contributed by atoms with Crippen LogP contribution < -0.4 is 14.4 Å². The maximum atomic E-state index is 12.8. The van der Waals surface area contributed by atoms with Crippen molar-refractivity contribution in [2.45, 2.75) is 25.2 Å². The lowest BCUT2D eigenvalue weighted by Gasteiger charge is -2.23. The van der Waals surface area contributed by atoms with Crippen LogP contribution in [0.1, 0.15) is 17.5 Å². The smallest absolute Gasteiger partial charge is 0.237 e. The number of carbonyl (C=O) groups excluding carboxylic acids is 1. The Morgan fingerprint density at radius 3 is 2.63 bits per heavy atom. The van der Waals surface area contributed by atoms with Crippen LogP contribution in [0.15, 0.2) is 41.3 Å². The van der Waals surface area contributed by atoms with E-state index in [0.717, 1.165) is 21.9 Å². The number of hydrogen-bond acceptors (Lipinski definition) is 5. The number of amides is 1. The number of fused-ring (bicyclic) bond motifs is 1. The molecule has 2 aromatic rings. The summed E-state index contributed by atoms with van der Waals surface area (Å²) in [5, 5.41) is 8.94. The normalized spacial score (nSPS) is 12.3. The zero-order valence-electron chi connectivity index (χ0n) is 15.5. The van der Waals surface area contributed by atoms with Crippen molar-refractivity contribution in [3.05, 3.63) is 47.5 Å². The van der Waals surface area contributed by atoms with Crippen molar-refractivity contribution < 1.29 is 14.3 Å². The van der Waals surface area contributed by atoms with E-state index < -0.39 is 0 Å². The molecule has 1 aliphatic rings. The molecule has 0 radical (unpaired) electrons. The molecule has 0 bridgehead atoms. The average molecular weight is 382 g/mol. The maximum absolute atomic E-state index is 12.8. The standard InChI is InChI=1S/C21H22N2O3S/c1-15-4-5-17(12-16(15)2)23(9-3-8-22)21(24)14-27-18-6-7-19-20(13-18)26-11-10-25-19/h4-7,12-13H,3,9-11,14H2,1-2H3. The van der Waals surface area contributed by atoms with Gasteiger partial charge in [-0.15, -0.1) is 11.8 Å². The molecule has 0 fully saturated rings. The highest BCUT2D eigenvalue weighted by Crippen LogP contribution is 2.34. The molecule has 2 aromatic carbocycles. The minimum Gasteiger partial charge on any atom is -0.486 e. The summed E-state index contributed by atoms with van der Waals surface area (Å²) in [7, 11) is 0. The van der Waals surface area contributed by atoms with Crippen molar-refractivity contribution in [2.75, 3.05) is 30.4 Å². The van der Waals surface area contributed by atoms with Crippen molar-refractivity contribution in [3.8, 4) is 17.6 Å². The molecule has 27 heavy (non-hydrogen) atoms. The van der Waals surface area contributed by atoms with E-state index in [1.807, 2.05) is 50.2 Å². The fourth-order valence-electron chi connectivity index (χ4n) is 2.79. The van der Waals surface area contributed by atoms with Gasteiger partial charge in [-0.25, -0.2) is 0 Å². The lowest BCUT2D eigenvalue weighted by molar-refractivity contribution is -0.116. The summed E-state index contributed by atoms with van der Waals surface area (Å²) in [5.41, 5.74) is 3.14. The highest BCUT2D eigenvalue weighted by Gasteiger charge is 2.18. The Kier molecular flexibility index (Phi) is 6.25. The van der Waals surface area contributed by atoms with Crippen molar-refractivity contribution in [1.29, 1.82) is 5.26 Å². The van der Waals surface area contributed by atoms with Crippen LogP contribution in [-0.2, 0) is 4.79 Å². The fraction of sp³-hybridized carbons (Fsp3) is 0.333. The molecule has 0 saturated carbocycles. The Bertz CT molecular complexity index is 876. The molecule has 0 spiro atoms. The predicted molar refractivity (Wildman–Crippen MR) is 107 cm³/mol. The molecular formula is C21H22N2O3S. The van der Waals surface area contributed by atoms with Gasteiger partial charge in [0, 0.05) is 17.1 Å². The number of anilines is 1. The number of nitriles is 1. The Hall–Kier alpha value is -2.65. The van der Waals surface area contributed by atoms with Crippen LogP contribution in [0.2, 0.25) is 0 Å². The first-order valence-electron chi connectivity index (χ1n) is 8.85. The average Bonchev–Trinajstić information content (AvgIpc) is 2.69. The molecule has 0 aliphatic carbocycles. The number of thioether (sulfide) groups is 1. The van der Waals surface area contributed by atoms with Crippen LogP contribution in [0.3, 0.4) is 0 Å². The molecule has 0 N–H and O–H groups in total. The summed E-state index contributed by atoms with van der Waals surface area (Å²) in [6.07, 6.45) is 0.299. The van der Waals surface area contributed by atoms with Gasteiger partial charge in [-0.3, -0.25) is 4.79 Å². The molecule has 0 unspecified atom stereocenters. The molecule has 5 nitrogen and oxygen atoms in total. The molecule has 0 atom stereocenters. The van der Waals surface area contributed by atoms with Crippen LogP contribution in [0, 0.1) is 25.2 Å². The molecule has 1 heterocycles. The Morgan fingerprint density at radius 2 is 1.89 bits per heavy atom. The molecule has 1 aliphatic heterocycles. The number of benzene rings is 2. The minimum atomic E-state index is -0.0200. The van der Waals surface area contributed by atoms with Crippen molar-refractivity contribution in [3.63, 3.8) is 0 Å². The summed E-state index contributed by atoms with van der Waals surface area (Å²) in [4.78, 5) is 15.5. The van der Waals surface area contributed by atoms with Gasteiger partial charge in [0.2, 0.25) is 5.91 Å². The van der Waals surface area contributed by atoms with E-state index in [9.17, 15) is 4.79 Å². The van der Waals surface area contributed by atoms with E-state index >= 15 is 0 Å². The number of carbonyl (C=O) groups is 1. The molecule has 140 valence electrons. The highest BCUT2D eigenvalue weighted by molar-refractivity contribution is 8.00. The first-order valence-corrected chi connectivity index (χ1v) is 9.84. The molecule has 0 saturated heterocycles. The molecule has 0 aromatic heterocycles. The number of ether oxygens (including phenoxy) is 2. The second kappa shape index (κ2) is 8.83. The quantitative estimate of drug-likeness (QED) is 0.704. The van der Waals surface area contributed by atoms with Gasteiger partial charge in [-0.1, -0.05) is 6.07 Å². The third-order valence-corrected chi connectivity index (χ3v) is 5.40. The Morgan fingerprint density at radius 1 is 1.11 bits per heavy atom. The van der Waals surface area contributed by atoms with Gasteiger partial charge >= 0.3 is 0 Å². The van der Waals surface area contributed by atoms with Gasteiger partial charge in [-0.2, -0.15) is 5.26 Å². The molecule has 6 heteroatoms. The van der Waals surface area contributed by atoms with Gasteiger partial charge in [0.25, 0.3) is 0 Å². The minimum absolute atomic E-state index is 0.0200. The zero-order valence-corrected chi connectivity index (χ0v) is 16.3. The van der Waals surface area contributed by atoms with E-state index in [0.29, 0.717) is 31.9 Å². The Labute approximate surface area is 163 Å². The summed E-state index contributed by atoms with van der Waals surface area (Å²) in [6, 6.07) is 13.8. The van der Waals surface area contributed by atoms with Crippen LogP contribution in [0.25, 0.3) is 0 Å². The lowest BCUT2D eigenvalue weighted by Crippen LogP contribution is -2.33. The second-order valence-corrected chi connectivity index (χ2v) is 7.36. The maximum Gasteiger partial charge on any atom is 0.237 e. The van der Waals surface area contributed by atoms with Gasteiger partial charge in [0.1, 0.15) is 13.2 Å². The predicted octanol–water partition coefficient (Wildman–Crippen LogP) is 4.11. The van der Waals surface area contributed by atoms with E-state index in [1.165, 1.54) is 17.3 Å². The van der Waals surface area contributed by atoms with Crippen LogP contribution in [-0.4, -0.2) is 31.4 Å². The zero-order chi connectivity index (χ0) is 19.2. The van der Waals surface area contributed by atoms with Crippen LogP contribution >= 0.6 is 11.8 Å². The molecule has 1 amide bonds. The largest absolute Gasteiger partial charge is 0.486 e. The van der Waals surface area contributed by atoms with Crippen LogP contribution in [0.4, 0.5) is 5.69 Å². The Balaban J connectivity index is 1.70. The third kappa shape index (κ3) is 4.75. The highest BCUT2D eigenvalue weighted by atomic mass is 32.2. The first-order chi connectivity index (χ1) is 13.1. The van der Waals surface area contributed by atoms with E-state index in [1.54, 1.807) is 4.90 Å². The monoisotopic (exact) mass is 382 g/mol. The summed E-state index contributed by atoms with van der Waals surface area (Å²) < 4.78 is 11.1. The fourth-order valence-corrected chi connectivity index (χ4v) is 3.59. The SMILES string of the molecule is Cc1ccc(N(CCC#N)C(=O)CSc2ccc3c(c2)OCCO3)cc1C. The lowest BCUT2D eigenvalue weighted by atomic mass is 10.1. The summed E-state index contributed by atoms with van der Waals surface area (Å²) >= 11 is 1.46. The number of hydrogen-bond donors (Lipinski definition) is 0. The van der Waals surface area contributed by atoms with Gasteiger partial charge < -0.3 is 14.4 Å². The summed E-state index contributed by atoms with van der Waals surface area (Å²) in [5.74, 6) is 1.73. The number of aryl methyl sites for hydroxylation is 2. The van der Waals surface area contributed by atoms with Crippen molar-refractivity contribution >= 4 is 23.4 Å². The van der Waals surface area contributed by atoms with Gasteiger partial charge in [0.05, 0.1) is 18.2 Å². The van der Waals surface area contributed by atoms with Crippen molar-refractivity contribution in [1.82, 2.24) is 0 Å². The topological polar surface area (TPSA) is 62.6 Å². The number of nitrogens with zero attached hydrogens (tertiary/aromatic N) is 2. The molecular weight excluding hydrogens is 360 g/mol. The number of rotatable bonds is 6.